The number of aryl methyl sites for hydroxylation is 1. The first-order valence-electron chi connectivity index (χ1n) is 3.85. The fraction of sp³-hybridized carbons (Fsp3) is 0.300. The van der Waals surface area contributed by atoms with Crippen LogP contribution in [-0.4, -0.2) is 11.6 Å². The summed E-state index contributed by atoms with van der Waals surface area (Å²) in [6, 6.07) is 8.02. The van der Waals surface area contributed by atoms with Gasteiger partial charge in [-0.2, -0.15) is 0 Å². The highest BCUT2D eigenvalue weighted by Gasteiger charge is 2.07. The highest BCUT2D eigenvalue weighted by Crippen LogP contribution is 2.16. The van der Waals surface area contributed by atoms with Gasteiger partial charge in [0.25, 0.3) is 0 Å². The van der Waals surface area contributed by atoms with Crippen molar-refractivity contribution in [2.75, 3.05) is 5.33 Å². The molecule has 1 aromatic rings. The van der Waals surface area contributed by atoms with E-state index >= 15 is 0 Å². The molecule has 0 N–H and O–H groups in total. The normalized spacial score (nSPS) is 12.5. The summed E-state index contributed by atoms with van der Waals surface area (Å²) in [4.78, 5) is 10.6. The van der Waals surface area contributed by atoms with E-state index in [1.54, 1.807) is 0 Å². The van der Waals surface area contributed by atoms with Crippen molar-refractivity contribution in [1.82, 2.24) is 0 Å². The zero-order valence-corrected chi connectivity index (χ0v) is 8.54. The van der Waals surface area contributed by atoms with Crippen molar-refractivity contribution >= 4 is 22.2 Å². The molecule has 0 aliphatic carbocycles. The number of carbonyl (C=O) groups excluding carboxylic acids is 1. The number of halogens is 1. The molecule has 0 aliphatic rings. The molecule has 0 spiro atoms. The first-order chi connectivity index (χ1) is 5.77. The van der Waals surface area contributed by atoms with Crippen molar-refractivity contribution in [3.05, 3.63) is 35.4 Å². The Balaban J connectivity index is 2.93. The Bertz CT molecular complexity index is 270. The van der Waals surface area contributed by atoms with Crippen molar-refractivity contribution in [2.45, 2.75) is 12.8 Å². The number of hydrogen-bond donors (Lipinski definition) is 0. The number of rotatable bonds is 3. The number of aldehydes is 1. The minimum absolute atomic E-state index is 0.00935. The molecule has 0 radical (unpaired) electrons. The van der Waals surface area contributed by atoms with Gasteiger partial charge in [-0.25, -0.2) is 0 Å². The molecule has 0 bridgehead atoms. The van der Waals surface area contributed by atoms with Gasteiger partial charge in [-0.15, -0.1) is 0 Å². The Kier molecular flexibility index (Phi) is 3.48. The monoisotopic (exact) mass is 226 g/mol. The SMILES string of the molecule is Cc1cccc(C(C=O)CBr)c1. The molecule has 1 unspecified atom stereocenters. The molecule has 1 atom stereocenters. The van der Waals surface area contributed by atoms with Crippen molar-refractivity contribution in [3.8, 4) is 0 Å². The van der Waals surface area contributed by atoms with Crippen LogP contribution in [0.4, 0.5) is 0 Å². The lowest BCUT2D eigenvalue weighted by Crippen LogP contribution is -2.01. The van der Waals surface area contributed by atoms with Gasteiger partial charge in [0.05, 0.1) is 0 Å². The quantitative estimate of drug-likeness (QED) is 0.573. The van der Waals surface area contributed by atoms with E-state index in [0.717, 1.165) is 11.8 Å². The van der Waals surface area contributed by atoms with Crippen LogP contribution in [0.25, 0.3) is 0 Å². The van der Waals surface area contributed by atoms with Gasteiger partial charge in [-0.3, -0.25) is 0 Å². The molecule has 0 saturated heterocycles. The second-order valence-corrected chi connectivity index (χ2v) is 3.46. The predicted molar refractivity (Wildman–Crippen MR) is 53.8 cm³/mol. The average Bonchev–Trinajstić information content (AvgIpc) is 2.07. The van der Waals surface area contributed by atoms with E-state index in [-0.39, 0.29) is 5.92 Å². The fourth-order valence-electron chi connectivity index (χ4n) is 1.10. The number of carbonyl (C=O) groups is 1. The largest absolute Gasteiger partial charge is 0.303 e. The minimum Gasteiger partial charge on any atom is -0.303 e. The van der Waals surface area contributed by atoms with E-state index < -0.39 is 0 Å². The molecular weight excluding hydrogens is 216 g/mol. The molecule has 0 heterocycles. The van der Waals surface area contributed by atoms with Gasteiger partial charge in [-0.05, 0) is 12.5 Å². The van der Waals surface area contributed by atoms with Crippen molar-refractivity contribution in [1.29, 1.82) is 0 Å². The Morgan fingerprint density at radius 1 is 1.58 bits per heavy atom. The molecule has 1 nitrogen and oxygen atoms in total. The molecule has 0 saturated carbocycles. The van der Waals surface area contributed by atoms with Gasteiger partial charge in [0, 0.05) is 11.2 Å². The Hall–Kier alpha value is -0.630. The third-order valence-corrected chi connectivity index (χ3v) is 2.50. The zero-order valence-electron chi connectivity index (χ0n) is 6.96. The lowest BCUT2D eigenvalue weighted by Gasteiger charge is -2.06. The summed E-state index contributed by atoms with van der Waals surface area (Å²) in [6.45, 7) is 2.03. The van der Waals surface area contributed by atoms with E-state index in [9.17, 15) is 4.79 Å². The molecule has 2 heteroatoms. The standard InChI is InChI=1S/C10H11BrO/c1-8-3-2-4-9(5-8)10(6-11)7-12/h2-5,7,10H,6H2,1H3. The fourth-order valence-corrected chi connectivity index (χ4v) is 1.63. The van der Waals surface area contributed by atoms with Crippen LogP contribution < -0.4 is 0 Å². The summed E-state index contributed by atoms with van der Waals surface area (Å²) in [5.41, 5.74) is 2.28. The topological polar surface area (TPSA) is 17.1 Å². The Morgan fingerprint density at radius 3 is 2.83 bits per heavy atom. The second kappa shape index (κ2) is 4.41. The van der Waals surface area contributed by atoms with Crippen molar-refractivity contribution in [2.24, 2.45) is 0 Å². The molecule has 0 fully saturated rings. The molecule has 12 heavy (non-hydrogen) atoms. The van der Waals surface area contributed by atoms with Crippen LogP contribution in [0.5, 0.6) is 0 Å². The molecule has 1 aromatic carbocycles. The van der Waals surface area contributed by atoms with E-state index in [1.165, 1.54) is 5.56 Å². The highest BCUT2D eigenvalue weighted by atomic mass is 79.9. The first-order valence-corrected chi connectivity index (χ1v) is 4.98. The maximum Gasteiger partial charge on any atom is 0.128 e. The highest BCUT2D eigenvalue weighted by molar-refractivity contribution is 9.09. The summed E-state index contributed by atoms with van der Waals surface area (Å²) in [6.07, 6.45) is 0.976. The third-order valence-electron chi connectivity index (χ3n) is 1.80. The first kappa shape index (κ1) is 9.46. The van der Waals surface area contributed by atoms with Crippen molar-refractivity contribution < 1.29 is 4.79 Å². The van der Waals surface area contributed by atoms with Gasteiger partial charge < -0.3 is 4.79 Å². The molecular formula is C10H11BrO. The van der Waals surface area contributed by atoms with Gasteiger partial charge in [0.1, 0.15) is 6.29 Å². The van der Waals surface area contributed by atoms with E-state index in [2.05, 4.69) is 15.9 Å². The Labute approximate surface area is 80.9 Å². The number of alkyl halides is 1. The Morgan fingerprint density at radius 2 is 2.33 bits per heavy atom. The maximum absolute atomic E-state index is 10.6. The lowest BCUT2D eigenvalue weighted by molar-refractivity contribution is -0.108. The van der Waals surface area contributed by atoms with E-state index in [1.807, 2.05) is 31.2 Å². The second-order valence-electron chi connectivity index (χ2n) is 2.81. The van der Waals surface area contributed by atoms with Crippen LogP contribution in [0.15, 0.2) is 24.3 Å². The molecule has 64 valence electrons. The van der Waals surface area contributed by atoms with Crippen LogP contribution in [0.2, 0.25) is 0 Å². The van der Waals surface area contributed by atoms with Crippen molar-refractivity contribution in [3.63, 3.8) is 0 Å². The molecule has 0 aromatic heterocycles. The summed E-state index contributed by atoms with van der Waals surface area (Å²) in [5, 5.41) is 0.694. The molecule has 0 amide bonds. The van der Waals surface area contributed by atoms with Gasteiger partial charge >= 0.3 is 0 Å². The van der Waals surface area contributed by atoms with Gasteiger partial charge in [0.2, 0.25) is 0 Å². The summed E-state index contributed by atoms with van der Waals surface area (Å²) < 4.78 is 0. The van der Waals surface area contributed by atoms with Gasteiger partial charge in [0.15, 0.2) is 0 Å². The van der Waals surface area contributed by atoms with Crippen LogP contribution in [0.1, 0.15) is 17.0 Å². The lowest BCUT2D eigenvalue weighted by atomic mass is 10.0. The summed E-state index contributed by atoms with van der Waals surface area (Å²) in [5.74, 6) is -0.00935. The van der Waals surface area contributed by atoms with Crippen LogP contribution >= 0.6 is 15.9 Å². The van der Waals surface area contributed by atoms with E-state index in [4.69, 9.17) is 0 Å². The third kappa shape index (κ3) is 2.18. The number of hydrogen-bond acceptors (Lipinski definition) is 1. The van der Waals surface area contributed by atoms with Crippen LogP contribution in [0, 0.1) is 6.92 Å². The summed E-state index contributed by atoms with van der Waals surface area (Å²) >= 11 is 3.31. The van der Waals surface area contributed by atoms with Gasteiger partial charge in [-0.1, -0.05) is 45.8 Å². The smallest absolute Gasteiger partial charge is 0.128 e. The van der Waals surface area contributed by atoms with Crippen LogP contribution in [0.3, 0.4) is 0 Å². The number of benzene rings is 1. The minimum atomic E-state index is -0.00935. The zero-order chi connectivity index (χ0) is 8.97. The summed E-state index contributed by atoms with van der Waals surface area (Å²) in [7, 11) is 0. The molecule has 0 aliphatic heterocycles. The maximum atomic E-state index is 10.6. The van der Waals surface area contributed by atoms with Crippen LogP contribution in [-0.2, 0) is 4.79 Å². The average molecular weight is 227 g/mol. The van der Waals surface area contributed by atoms with E-state index in [0.29, 0.717) is 5.33 Å². The molecule has 1 rings (SSSR count). The predicted octanol–water partition coefficient (Wildman–Crippen LogP) is 2.67.